The van der Waals surface area contributed by atoms with E-state index in [0.717, 1.165) is 29.1 Å². The first-order valence-corrected chi connectivity index (χ1v) is 7.21. The highest BCUT2D eigenvalue weighted by molar-refractivity contribution is 5.97. The fraction of sp³-hybridized carbons (Fsp3) is 0.105. The summed E-state index contributed by atoms with van der Waals surface area (Å²) < 4.78 is 28.6. The van der Waals surface area contributed by atoms with Gasteiger partial charge in [-0.1, -0.05) is 36.9 Å². The molecule has 116 valence electrons. The fourth-order valence-corrected chi connectivity index (χ4v) is 2.73. The van der Waals surface area contributed by atoms with E-state index in [9.17, 15) is 8.78 Å². The maximum atomic E-state index is 14.3. The van der Waals surface area contributed by atoms with E-state index >= 15 is 0 Å². The molecule has 0 atom stereocenters. The monoisotopic (exact) mass is 310 g/mol. The molecule has 4 heteroatoms. The minimum Gasteiger partial charge on any atom is -0.344 e. The zero-order chi connectivity index (χ0) is 16.6. The predicted octanol–water partition coefficient (Wildman–Crippen LogP) is 4.63. The molecule has 3 rings (SSSR count). The molecule has 0 radical (unpaired) electrons. The van der Waals surface area contributed by atoms with E-state index in [-0.39, 0.29) is 5.56 Å². The number of aromatic nitrogens is 1. The molecular formula is C19H16F2N2. The van der Waals surface area contributed by atoms with Gasteiger partial charge in [-0.15, -0.1) is 0 Å². The molecule has 2 heterocycles. The number of pyridine rings is 1. The van der Waals surface area contributed by atoms with Crippen molar-refractivity contribution < 1.29 is 8.78 Å². The van der Waals surface area contributed by atoms with E-state index in [2.05, 4.69) is 11.6 Å². The summed E-state index contributed by atoms with van der Waals surface area (Å²) in [6, 6.07) is 9.52. The third-order valence-electron chi connectivity index (χ3n) is 3.99. The SMILES string of the molecule is C=C1C(C)=CC(c2ccccc2)=C(c2c(F)cncc2F)N1C. The normalized spacial score (nSPS) is 15.0. The van der Waals surface area contributed by atoms with Crippen LogP contribution in [0.3, 0.4) is 0 Å². The first-order chi connectivity index (χ1) is 11.0. The van der Waals surface area contributed by atoms with Crippen LogP contribution in [0.5, 0.6) is 0 Å². The molecule has 0 saturated heterocycles. The topological polar surface area (TPSA) is 16.1 Å². The van der Waals surface area contributed by atoms with Gasteiger partial charge in [0.1, 0.15) is 0 Å². The molecule has 23 heavy (non-hydrogen) atoms. The molecule has 2 aromatic rings. The number of hydrogen-bond acceptors (Lipinski definition) is 2. The molecule has 0 aliphatic carbocycles. The van der Waals surface area contributed by atoms with Crippen LogP contribution in [0.1, 0.15) is 18.1 Å². The summed E-state index contributed by atoms with van der Waals surface area (Å²) in [6.07, 6.45) is 3.96. The number of halogens is 2. The van der Waals surface area contributed by atoms with Crippen LogP contribution in [0.4, 0.5) is 8.78 Å². The average molecular weight is 310 g/mol. The van der Waals surface area contributed by atoms with Crippen LogP contribution in [0, 0.1) is 11.6 Å². The maximum Gasteiger partial charge on any atom is 0.153 e. The van der Waals surface area contributed by atoms with Gasteiger partial charge in [0.05, 0.1) is 23.7 Å². The first kappa shape index (κ1) is 15.2. The highest BCUT2D eigenvalue weighted by atomic mass is 19.1. The van der Waals surface area contributed by atoms with Crippen LogP contribution in [0.15, 0.2) is 66.7 Å². The molecule has 0 unspecified atom stereocenters. The van der Waals surface area contributed by atoms with Crippen molar-refractivity contribution in [3.63, 3.8) is 0 Å². The van der Waals surface area contributed by atoms with Gasteiger partial charge >= 0.3 is 0 Å². The molecule has 1 aliphatic rings. The molecule has 0 N–H and O–H groups in total. The van der Waals surface area contributed by atoms with Gasteiger partial charge in [-0.05, 0) is 24.1 Å². The fourth-order valence-electron chi connectivity index (χ4n) is 2.73. The van der Waals surface area contributed by atoms with Gasteiger partial charge in [0, 0.05) is 18.3 Å². The van der Waals surface area contributed by atoms with Crippen LogP contribution in [-0.2, 0) is 0 Å². The van der Waals surface area contributed by atoms with E-state index < -0.39 is 11.6 Å². The Kier molecular flexibility index (Phi) is 3.82. The highest BCUT2D eigenvalue weighted by Gasteiger charge is 2.26. The van der Waals surface area contributed by atoms with Gasteiger partial charge in [0.25, 0.3) is 0 Å². The van der Waals surface area contributed by atoms with Crippen molar-refractivity contribution >= 4 is 11.3 Å². The van der Waals surface area contributed by atoms with Crippen molar-refractivity contribution in [1.29, 1.82) is 0 Å². The Hall–Kier alpha value is -2.75. The van der Waals surface area contributed by atoms with Crippen LogP contribution >= 0.6 is 0 Å². The lowest BCUT2D eigenvalue weighted by Crippen LogP contribution is -2.22. The number of benzene rings is 1. The lowest BCUT2D eigenvalue weighted by Gasteiger charge is -2.32. The summed E-state index contributed by atoms with van der Waals surface area (Å²) in [7, 11) is 1.76. The summed E-state index contributed by atoms with van der Waals surface area (Å²) in [5, 5.41) is 0. The molecule has 1 aromatic carbocycles. The molecule has 0 spiro atoms. The minimum atomic E-state index is -0.693. The van der Waals surface area contributed by atoms with E-state index in [1.54, 1.807) is 11.9 Å². The molecule has 0 bridgehead atoms. The Bertz CT molecular complexity index is 815. The van der Waals surface area contributed by atoms with Gasteiger partial charge in [0.15, 0.2) is 11.6 Å². The quantitative estimate of drug-likeness (QED) is 0.803. The third kappa shape index (κ3) is 2.57. The Morgan fingerprint density at radius 1 is 1.04 bits per heavy atom. The van der Waals surface area contributed by atoms with E-state index in [4.69, 9.17) is 0 Å². The number of allylic oxidation sites excluding steroid dienone is 3. The first-order valence-electron chi connectivity index (χ1n) is 7.21. The summed E-state index contributed by atoms with van der Waals surface area (Å²) in [4.78, 5) is 5.29. The Morgan fingerprint density at radius 3 is 2.26 bits per heavy atom. The zero-order valence-electron chi connectivity index (χ0n) is 13.0. The largest absolute Gasteiger partial charge is 0.344 e. The Labute approximate surface area is 134 Å². The number of likely N-dealkylation sites (N-methyl/N-ethyl adjacent to an activating group) is 1. The van der Waals surface area contributed by atoms with Crippen molar-refractivity contribution in [2.45, 2.75) is 6.92 Å². The summed E-state index contributed by atoms with van der Waals surface area (Å²) in [5.74, 6) is -1.39. The van der Waals surface area contributed by atoms with Crippen molar-refractivity contribution in [2.24, 2.45) is 0 Å². The Morgan fingerprint density at radius 2 is 1.65 bits per heavy atom. The van der Waals surface area contributed by atoms with Crippen LogP contribution in [0.25, 0.3) is 11.3 Å². The molecular weight excluding hydrogens is 294 g/mol. The van der Waals surface area contributed by atoms with Crippen molar-refractivity contribution in [1.82, 2.24) is 9.88 Å². The van der Waals surface area contributed by atoms with Crippen molar-refractivity contribution in [3.8, 4) is 0 Å². The van der Waals surface area contributed by atoms with Crippen LogP contribution in [0.2, 0.25) is 0 Å². The molecule has 0 amide bonds. The number of rotatable bonds is 2. The second-order valence-electron chi connectivity index (χ2n) is 5.44. The zero-order valence-corrected chi connectivity index (χ0v) is 13.0. The third-order valence-corrected chi connectivity index (χ3v) is 3.99. The minimum absolute atomic E-state index is 0.0914. The molecule has 2 nitrogen and oxygen atoms in total. The van der Waals surface area contributed by atoms with E-state index in [1.165, 1.54) is 0 Å². The lowest BCUT2D eigenvalue weighted by molar-refractivity contribution is 0.541. The van der Waals surface area contributed by atoms with Crippen molar-refractivity contribution in [3.05, 3.63) is 89.4 Å². The van der Waals surface area contributed by atoms with E-state index in [0.29, 0.717) is 11.4 Å². The van der Waals surface area contributed by atoms with Gasteiger partial charge in [-0.25, -0.2) is 8.78 Å². The van der Waals surface area contributed by atoms with Gasteiger partial charge in [0.2, 0.25) is 0 Å². The summed E-state index contributed by atoms with van der Waals surface area (Å²) >= 11 is 0. The predicted molar refractivity (Wildman–Crippen MR) is 88.1 cm³/mol. The Balaban J connectivity index is 2.36. The molecule has 1 aliphatic heterocycles. The highest BCUT2D eigenvalue weighted by Crippen LogP contribution is 2.39. The second kappa shape index (κ2) is 5.80. The van der Waals surface area contributed by atoms with Gasteiger partial charge < -0.3 is 4.90 Å². The van der Waals surface area contributed by atoms with Crippen molar-refractivity contribution in [2.75, 3.05) is 7.05 Å². The maximum absolute atomic E-state index is 14.3. The lowest BCUT2D eigenvalue weighted by atomic mass is 9.92. The second-order valence-corrected chi connectivity index (χ2v) is 5.44. The molecule has 0 saturated carbocycles. The molecule has 0 fully saturated rings. The van der Waals surface area contributed by atoms with Crippen LogP contribution < -0.4 is 0 Å². The number of nitrogens with zero attached hydrogens (tertiary/aromatic N) is 2. The number of hydrogen-bond donors (Lipinski definition) is 0. The smallest absolute Gasteiger partial charge is 0.153 e. The van der Waals surface area contributed by atoms with Gasteiger partial charge in [-0.3, -0.25) is 4.98 Å². The van der Waals surface area contributed by atoms with E-state index in [1.807, 2.05) is 43.3 Å². The summed E-state index contributed by atoms with van der Waals surface area (Å²) in [5.41, 5.74) is 3.65. The van der Waals surface area contributed by atoms with Crippen LogP contribution in [-0.4, -0.2) is 16.9 Å². The molecule has 1 aromatic heterocycles. The van der Waals surface area contributed by atoms with Gasteiger partial charge in [-0.2, -0.15) is 0 Å². The average Bonchev–Trinajstić information content (AvgIpc) is 2.55. The standard InChI is InChI=1S/C19H16F2N2/c1-12-9-15(14-7-5-4-6-8-14)19(23(3)13(12)2)18-16(20)10-22-11-17(18)21/h4-11H,2H2,1,3H3. The summed E-state index contributed by atoms with van der Waals surface area (Å²) in [6.45, 7) is 5.93.